The van der Waals surface area contributed by atoms with Gasteiger partial charge in [-0.2, -0.15) is 0 Å². The molecule has 0 radical (unpaired) electrons. The number of benzene rings is 2. The number of nitrogens with zero attached hydrogens (tertiary/aromatic N) is 5. The molecule has 4 N–H and O–H groups in total. The number of nitrogens with two attached hydrogens (primary N) is 1. The van der Waals surface area contributed by atoms with Gasteiger partial charge in [0.05, 0.1) is 48.9 Å². The summed E-state index contributed by atoms with van der Waals surface area (Å²) in [5.41, 5.74) is 9.45. The SMILES string of the molecule is COc1ccc2nc3cc(Cl)ccc3c(NCCCCNP(=O)(CO[C@H](C)Cn3cnc4c(N)ncnc43)OCOC(=O)OC(C)C)c2c1. The molecule has 0 saturated heterocycles. The minimum absolute atomic E-state index is 0.276. The van der Waals surface area contributed by atoms with Gasteiger partial charge in [-0.25, -0.2) is 29.8 Å². The second-order valence-corrected chi connectivity index (χ2v) is 14.1. The largest absolute Gasteiger partial charge is 0.510 e. The third-order valence-corrected chi connectivity index (χ3v) is 9.34. The van der Waals surface area contributed by atoms with Crippen LogP contribution < -0.4 is 20.9 Å². The predicted octanol–water partition coefficient (Wildman–Crippen LogP) is 6.35. The summed E-state index contributed by atoms with van der Waals surface area (Å²) in [4.78, 5) is 29.1. The number of carbonyl (C=O) groups excluding carboxylic acids is 1. The number of imidazole rings is 1. The van der Waals surface area contributed by atoms with Gasteiger partial charge in [-0.05, 0) is 70.0 Å². The van der Waals surface area contributed by atoms with Crippen LogP contribution in [0.2, 0.25) is 5.02 Å². The fourth-order valence-corrected chi connectivity index (χ4v) is 6.62. The molecule has 0 aliphatic carbocycles. The Hall–Kier alpha value is -4.27. The van der Waals surface area contributed by atoms with E-state index in [0.29, 0.717) is 42.2 Å². The van der Waals surface area contributed by atoms with Crippen LogP contribution >= 0.6 is 19.1 Å². The highest BCUT2D eigenvalue weighted by Gasteiger charge is 2.26. The second kappa shape index (κ2) is 16.4. The first-order valence-corrected chi connectivity index (χ1v) is 17.9. The van der Waals surface area contributed by atoms with Crippen LogP contribution in [0.3, 0.4) is 0 Å². The van der Waals surface area contributed by atoms with E-state index in [0.717, 1.165) is 39.7 Å². The zero-order valence-electron chi connectivity index (χ0n) is 27.7. The van der Waals surface area contributed by atoms with Crippen molar-refractivity contribution in [3.8, 4) is 5.75 Å². The molecule has 0 amide bonds. The fourth-order valence-electron chi connectivity index (χ4n) is 5.03. The first-order valence-electron chi connectivity index (χ1n) is 15.7. The van der Waals surface area contributed by atoms with Gasteiger partial charge < -0.3 is 34.6 Å². The summed E-state index contributed by atoms with van der Waals surface area (Å²) < 4.78 is 42.5. The van der Waals surface area contributed by atoms with Gasteiger partial charge in [0.1, 0.15) is 23.9 Å². The standard InChI is InChI=1S/C32H40ClN8O7P/c1-20(2)48-32(42)45-18-47-49(43,19-46-21(3)15-41-17-38-29-30(34)36-16-37-31(29)41)39-12-6-5-11-35-28-24-9-7-22(33)13-27(24)40-26-10-8-23(44-4)14-25(26)28/h7-10,13-14,16-17,20-21H,5-6,11-12,15,18-19H2,1-4H3,(H,35,40)(H,39,43)(H2,34,36,37)/t21-,49?/m1/s1. The summed E-state index contributed by atoms with van der Waals surface area (Å²) in [6, 6.07) is 11.4. The molecular formula is C32H40ClN8O7P. The number of pyridine rings is 1. The zero-order valence-corrected chi connectivity index (χ0v) is 29.4. The maximum Gasteiger partial charge on any atom is 0.510 e. The molecule has 262 valence electrons. The molecule has 0 fully saturated rings. The van der Waals surface area contributed by atoms with Gasteiger partial charge in [-0.3, -0.25) is 9.09 Å². The average molecular weight is 715 g/mol. The Balaban J connectivity index is 1.18. The van der Waals surface area contributed by atoms with Gasteiger partial charge >= 0.3 is 6.16 Å². The number of carbonyl (C=O) groups is 1. The number of hydrogen-bond acceptors (Lipinski definition) is 13. The minimum atomic E-state index is -3.63. The van der Waals surface area contributed by atoms with Gasteiger partial charge in [0, 0.05) is 28.9 Å². The van der Waals surface area contributed by atoms with E-state index >= 15 is 0 Å². The highest BCUT2D eigenvalue weighted by Crippen LogP contribution is 2.42. The molecule has 0 spiro atoms. The van der Waals surface area contributed by atoms with Crippen LogP contribution in [0.25, 0.3) is 33.0 Å². The van der Waals surface area contributed by atoms with E-state index in [1.807, 2.05) is 43.3 Å². The maximum atomic E-state index is 13.8. The molecule has 17 heteroatoms. The van der Waals surface area contributed by atoms with E-state index in [1.54, 1.807) is 31.9 Å². The molecule has 49 heavy (non-hydrogen) atoms. The summed E-state index contributed by atoms with van der Waals surface area (Å²) in [7, 11) is -2.00. The highest BCUT2D eigenvalue weighted by molar-refractivity contribution is 7.56. The second-order valence-electron chi connectivity index (χ2n) is 11.5. The Morgan fingerprint density at radius 2 is 1.86 bits per heavy atom. The number of hydrogen-bond donors (Lipinski definition) is 3. The van der Waals surface area contributed by atoms with Crippen LogP contribution in [0.4, 0.5) is 16.3 Å². The van der Waals surface area contributed by atoms with Crippen LogP contribution in [0.5, 0.6) is 5.75 Å². The number of halogens is 1. The molecule has 5 rings (SSSR count). The van der Waals surface area contributed by atoms with E-state index in [2.05, 4.69) is 25.4 Å². The number of fused-ring (bicyclic) bond motifs is 3. The van der Waals surface area contributed by atoms with Gasteiger partial charge in [0.25, 0.3) is 7.52 Å². The molecule has 2 aromatic carbocycles. The summed E-state index contributed by atoms with van der Waals surface area (Å²) in [6.45, 7) is 5.93. The molecule has 0 saturated carbocycles. The predicted molar refractivity (Wildman–Crippen MR) is 188 cm³/mol. The molecule has 2 atom stereocenters. The van der Waals surface area contributed by atoms with E-state index in [9.17, 15) is 9.36 Å². The van der Waals surface area contributed by atoms with Crippen molar-refractivity contribution in [2.75, 3.05) is 44.4 Å². The Kier molecular flexibility index (Phi) is 12.1. The van der Waals surface area contributed by atoms with Crippen molar-refractivity contribution < 1.29 is 32.8 Å². The molecule has 0 bridgehead atoms. The number of ether oxygens (including phenoxy) is 4. The van der Waals surface area contributed by atoms with Crippen molar-refractivity contribution in [2.45, 2.75) is 52.4 Å². The average Bonchev–Trinajstić information content (AvgIpc) is 3.48. The Morgan fingerprint density at radius 1 is 1.04 bits per heavy atom. The number of nitrogen functional groups attached to an aromatic ring is 1. The van der Waals surface area contributed by atoms with Crippen molar-refractivity contribution in [3.63, 3.8) is 0 Å². The number of aromatic nitrogens is 5. The lowest BCUT2D eigenvalue weighted by Crippen LogP contribution is -2.24. The molecule has 0 aliphatic rings. The topological polar surface area (TPSA) is 187 Å². The molecule has 3 heterocycles. The monoisotopic (exact) mass is 714 g/mol. The Labute approximate surface area is 288 Å². The normalized spacial score (nSPS) is 13.5. The van der Waals surface area contributed by atoms with E-state index in [1.165, 1.54) is 6.33 Å². The van der Waals surface area contributed by atoms with Crippen LogP contribution in [0.15, 0.2) is 49.1 Å². The molecule has 3 aromatic heterocycles. The number of methoxy groups -OCH3 is 1. The van der Waals surface area contributed by atoms with Crippen molar-refractivity contribution in [1.29, 1.82) is 0 Å². The first kappa shape index (κ1) is 36.0. The van der Waals surface area contributed by atoms with Gasteiger partial charge in [0.15, 0.2) is 11.5 Å². The maximum absolute atomic E-state index is 13.8. The van der Waals surface area contributed by atoms with Crippen LogP contribution in [0.1, 0.15) is 33.6 Å². The fraction of sp³-hybridized carbons (Fsp3) is 0.406. The van der Waals surface area contributed by atoms with Gasteiger partial charge in [-0.15, -0.1) is 0 Å². The lowest BCUT2D eigenvalue weighted by Gasteiger charge is -2.22. The van der Waals surface area contributed by atoms with E-state index in [4.69, 9.17) is 45.8 Å². The summed E-state index contributed by atoms with van der Waals surface area (Å²) in [5.74, 6) is 0.999. The lowest BCUT2D eigenvalue weighted by molar-refractivity contribution is -0.0110. The van der Waals surface area contributed by atoms with Gasteiger partial charge in [0.2, 0.25) is 6.79 Å². The van der Waals surface area contributed by atoms with Crippen LogP contribution in [-0.2, 0) is 29.8 Å². The van der Waals surface area contributed by atoms with Gasteiger partial charge in [-0.1, -0.05) is 11.6 Å². The molecular weight excluding hydrogens is 675 g/mol. The zero-order chi connectivity index (χ0) is 35.0. The molecule has 15 nitrogen and oxygen atoms in total. The third-order valence-electron chi connectivity index (χ3n) is 7.38. The Bertz CT molecular complexity index is 1960. The summed E-state index contributed by atoms with van der Waals surface area (Å²) in [6.07, 6.45) is 2.33. The van der Waals surface area contributed by atoms with Crippen molar-refractivity contribution in [3.05, 3.63) is 54.1 Å². The number of rotatable bonds is 17. The molecule has 0 aliphatic heterocycles. The van der Waals surface area contributed by atoms with Crippen molar-refractivity contribution in [1.82, 2.24) is 29.6 Å². The van der Waals surface area contributed by atoms with Crippen LogP contribution in [-0.4, -0.2) is 76.2 Å². The van der Waals surface area contributed by atoms with Crippen molar-refractivity contribution >= 4 is 69.8 Å². The Morgan fingerprint density at radius 3 is 2.65 bits per heavy atom. The number of nitrogens with one attached hydrogen (secondary N) is 2. The molecule has 5 aromatic rings. The quantitative estimate of drug-likeness (QED) is 0.0318. The van der Waals surface area contributed by atoms with Crippen LogP contribution in [0, 0.1) is 0 Å². The molecule has 1 unspecified atom stereocenters. The van der Waals surface area contributed by atoms with E-state index < -0.39 is 26.6 Å². The summed E-state index contributed by atoms with van der Waals surface area (Å²) in [5, 5.41) is 9.00. The van der Waals surface area contributed by atoms with E-state index in [-0.39, 0.29) is 18.3 Å². The summed E-state index contributed by atoms with van der Waals surface area (Å²) >= 11 is 6.26. The minimum Gasteiger partial charge on any atom is -0.497 e. The lowest BCUT2D eigenvalue weighted by atomic mass is 10.1. The first-order chi connectivity index (χ1) is 23.5. The number of anilines is 2. The smallest absolute Gasteiger partial charge is 0.497 e. The third kappa shape index (κ3) is 9.46. The number of unbranched alkanes of at least 4 members (excludes halogenated alkanes) is 1. The highest BCUT2D eigenvalue weighted by atomic mass is 35.5. The van der Waals surface area contributed by atoms with Crippen molar-refractivity contribution in [2.24, 2.45) is 0 Å².